The van der Waals surface area contributed by atoms with Crippen molar-refractivity contribution in [2.75, 3.05) is 12.0 Å². The molecule has 0 fully saturated rings. The minimum absolute atomic E-state index is 0.223. The number of aromatic nitrogens is 1. The van der Waals surface area contributed by atoms with Gasteiger partial charge in [0.05, 0.1) is 0 Å². The Balaban J connectivity index is 2.56. The van der Waals surface area contributed by atoms with Crippen LogP contribution < -0.4 is 11.3 Å². The molecule has 1 heterocycles. The maximum Gasteiger partial charge on any atom is 0.0483 e. The lowest BCUT2D eigenvalue weighted by molar-refractivity contribution is 0.541. The van der Waals surface area contributed by atoms with Crippen LogP contribution in [-0.4, -0.2) is 17.0 Å². The molecule has 1 rings (SSSR count). The molecule has 13 heavy (non-hydrogen) atoms. The van der Waals surface area contributed by atoms with Crippen molar-refractivity contribution in [3.05, 3.63) is 30.1 Å². The summed E-state index contributed by atoms with van der Waals surface area (Å²) in [5.74, 6) is 6.56. The first-order valence-electron chi connectivity index (χ1n) is 4.23. The molecule has 0 aliphatic rings. The lowest BCUT2D eigenvalue weighted by Crippen LogP contribution is -2.28. The second kappa shape index (κ2) is 5.96. The van der Waals surface area contributed by atoms with Crippen molar-refractivity contribution in [2.24, 2.45) is 5.84 Å². The Hall–Kier alpha value is -0.580. The fraction of sp³-hybridized carbons (Fsp3) is 0.444. The van der Waals surface area contributed by atoms with Crippen LogP contribution in [-0.2, 0) is 0 Å². The first kappa shape index (κ1) is 10.5. The van der Waals surface area contributed by atoms with Gasteiger partial charge in [0.1, 0.15) is 0 Å². The second-order valence-corrected chi connectivity index (χ2v) is 3.77. The van der Waals surface area contributed by atoms with Gasteiger partial charge in [0, 0.05) is 18.4 Å². The number of hydrogen-bond acceptors (Lipinski definition) is 4. The van der Waals surface area contributed by atoms with E-state index in [1.165, 1.54) is 0 Å². The van der Waals surface area contributed by atoms with E-state index in [1.54, 1.807) is 6.20 Å². The minimum atomic E-state index is 0.223. The monoisotopic (exact) mass is 197 g/mol. The smallest absolute Gasteiger partial charge is 0.0483 e. The molecule has 0 aliphatic carbocycles. The predicted molar refractivity (Wildman–Crippen MR) is 57.3 cm³/mol. The van der Waals surface area contributed by atoms with E-state index in [4.69, 9.17) is 5.84 Å². The van der Waals surface area contributed by atoms with E-state index in [1.807, 2.05) is 30.1 Å². The summed E-state index contributed by atoms with van der Waals surface area (Å²) >= 11 is 1.82. The highest BCUT2D eigenvalue weighted by Gasteiger charge is 2.07. The van der Waals surface area contributed by atoms with Gasteiger partial charge in [0.15, 0.2) is 0 Å². The van der Waals surface area contributed by atoms with E-state index in [2.05, 4.69) is 16.7 Å². The number of nitrogens with one attached hydrogen (secondary N) is 1. The van der Waals surface area contributed by atoms with Crippen LogP contribution >= 0.6 is 11.8 Å². The van der Waals surface area contributed by atoms with Crippen molar-refractivity contribution in [2.45, 2.75) is 12.5 Å². The first-order chi connectivity index (χ1) is 6.38. The number of pyridine rings is 1. The van der Waals surface area contributed by atoms with E-state index < -0.39 is 0 Å². The van der Waals surface area contributed by atoms with Crippen molar-refractivity contribution in [1.29, 1.82) is 0 Å². The van der Waals surface area contributed by atoms with Gasteiger partial charge in [0.25, 0.3) is 0 Å². The van der Waals surface area contributed by atoms with E-state index >= 15 is 0 Å². The fourth-order valence-electron chi connectivity index (χ4n) is 1.16. The minimum Gasteiger partial charge on any atom is -0.271 e. The molecular formula is C9H15N3S. The standard InChI is InChI=1S/C9H15N3S/c1-13-6-4-9(12-10)8-3-2-5-11-7-8/h2-3,5,7,9,12H,4,6,10H2,1H3. The Bertz CT molecular complexity index is 228. The van der Waals surface area contributed by atoms with Gasteiger partial charge >= 0.3 is 0 Å². The predicted octanol–water partition coefficient (Wildman–Crippen LogP) is 1.34. The van der Waals surface area contributed by atoms with Gasteiger partial charge in [-0.2, -0.15) is 11.8 Å². The van der Waals surface area contributed by atoms with Crippen LogP contribution in [0.25, 0.3) is 0 Å². The maximum absolute atomic E-state index is 5.46. The van der Waals surface area contributed by atoms with E-state index in [0.29, 0.717) is 0 Å². The van der Waals surface area contributed by atoms with Crippen molar-refractivity contribution < 1.29 is 0 Å². The Morgan fingerprint density at radius 1 is 1.69 bits per heavy atom. The number of hydrogen-bond donors (Lipinski definition) is 2. The molecule has 3 N–H and O–H groups in total. The van der Waals surface area contributed by atoms with E-state index in [0.717, 1.165) is 17.7 Å². The summed E-state index contributed by atoms with van der Waals surface area (Å²) < 4.78 is 0. The molecule has 0 amide bonds. The van der Waals surface area contributed by atoms with Gasteiger partial charge in [-0.3, -0.25) is 16.3 Å². The van der Waals surface area contributed by atoms with Gasteiger partial charge in [0.2, 0.25) is 0 Å². The normalized spacial score (nSPS) is 12.8. The summed E-state index contributed by atoms with van der Waals surface area (Å²) in [5, 5.41) is 0. The molecule has 0 aromatic carbocycles. The van der Waals surface area contributed by atoms with Crippen molar-refractivity contribution >= 4 is 11.8 Å². The Morgan fingerprint density at radius 3 is 3.08 bits per heavy atom. The summed E-state index contributed by atoms with van der Waals surface area (Å²) in [6, 6.07) is 4.19. The van der Waals surface area contributed by atoms with Gasteiger partial charge in [-0.25, -0.2) is 0 Å². The molecule has 0 spiro atoms. The molecule has 0 saturated heterocycles. The lowest BCUT2D eigenvalue weighted by atomic mass is 10.1. The Labute approximate surface area is 83.1 Å². The van der Waals surface area contributed by atoms with Crippen LogP contribution in [0.3, 0.4) is 0 Å². The van der Waals surface area contributed by atoms with Crippen molar-refractivity contribution in [3.63, 3.8) is 0 Å². The molecule has 0 aliphatic heterocycles. The lowest BCUT2D eigenvalue weighted by Gasteiger charge is -2.14. The Morgan fingerprint density at radius 2 is 2.54 bits per heavy atom. The van der Waals surface area contributed by atoms with E-state index in [-0.39, 0.29) is 6.04 Å². The second-order valence-electron chi connectivity index (χ2n) is 2.79. The maximum atomic E-state index is 5.46. The Kier molecular flexibility index (Phi) is 4.82. The van der Waals surface area contributed by atoms with Crippen LogP contribution in [0.5, 0.6) is 0 Å². The summed E-state index contributed by atoms with van der Waals surface area (Å²) in [7, 11) is 0. The number of nitrogens with zero attached hydrogens (tertiary/aromatic N) is 1. The molecule has 3 nitrogen and oxygen atoms in total. The SMILES string of the molecule is CSCCC(NN)c1cccnc1. The molecular weight excluding hydrogens is 182 g/mol. The van der Waals surface area contributed by atoms with Gasteiger partial charge in [-0.1, -0.05) is 6.07 Å². The van der Waals surface area contributed by atoms with Crippen LogP contribution in [0.15, 0.2) is 24.5 Å². The molecule has 0 radical (unpaired) electrons. The van der Waals surface area contributed by atoms with Gasteiger partial charge < -0.3 is 0 Å². The first-order valence-corrected chi connectivity index (χ1v) is 5.63. The summed E-state index contributed by atoms with van der Waals surface area (Å²) in [5.41, 5.74) is 3.95. The van der Waals surface area contributed by atoms with Gasteiger partial charge in [-0.15, -0.1) is 0 Å². The number of thioether (sulfide) groups is 1. The fourth-order valence-corrected chi connectivity index (χ4v) is 1.64. The topological polar surface area (TPSA) is 50.9 Å². The average molecular weight is 197 g/mol. The molecule has 0 bridgehead atoms. The largest absolute Gasteiger partial charge is 0.271 e. The molecule has 0 saturated carbocycles. The summed E-state index contributed by atoms with van der Waals surface area (Å²) in [4.78, 5) is 4.06. The summed E-state index contributed by atoms with van der Waals surface area (Å²) in [6.07, 6.45) is 6.75. The van der Waals surface area contributed by atoms with Crippen LogP contribution in [0.4, 0.5) is 0 Å². The quantitative estimate of drug-likeness (QED) is 0.552. The highest BCUT2D eigenvalue weighted by Crippen LogP contribution is 2.15. The van der Waals surface area contributed by atoms with Crippen molar-refractivity contribution in [1.82, 2.24) is 10.4 Å². The third-order valence-electron chi connectivity index (χ3n) is 1.90. The highest BCUT2D eigenvalue weighted by molar-refractivity contribution is 7.98. The third-order valence-corrected chi connectivity index (χ3v) is 2.54. The molecule has 1 aromatic heterocycles. The molecule has 1 aromatic rings. The van der Waals surface area contributed by atoms with Crippen LogP contribution in [0.1, 0.15) is 18.0 Å². The zero-order valence-electron chi connectivity index (χ0n) is 7.73. The van der Waals surface area contributed by atoms with Crippen LogP contribution in [0.2, 0.25) is 0 Å². The molecule has 1 unspecified atom stereocenters. The molecule has 72 valence electrons. The van der Waals surface area contributed by atoms with Gasteiger partial charge in [-0.05, 0) is 30.1 Å². The zero-order valence-corrected chi connectivity index (χ0v) is 8.55. The average Bonchev–Trinajstić information content (AvgIpc) is 2.21. The third kappa shape index (κ3) is 3.34. The highest BCUT2D eigenvalue weighted by atomic mass is 32.2. The number of rotatable bonds is 5. The summed E-state index contributed by atoms with van der Waals surface area (Å²) in [6.45, 7) is 0. The van der Waals surface area contributed by atoms with Crippen LogP contribution in [0, 0.1) is 0 Å². The zero-order chi connectivity index (χ0) is 9.52. The number of nitrogens with two attached hydrogens (primary N) is 1. The van der Waals surface area contributed by atoms with Crippen molar-refractivity contribution in [3.8, 4) is 0 Å². The number of hydrazine groups is 1. The molecule has 4 heteroatoms. The molecule has 1 atom stereocenters. The van der Waals surface area contributed by atoms with E-state index in [9.17, 15) is 0 Å².